The SMILES string of the molecule is CCCS(=O)(=O)CCN1C(=O)C(C(C)C)NC(=O)C1C. The number of hydrogen-bond acceptors (Lipinski definition) is 4. The van der Waals surface area contributed by atoms with Gasteiger partial charge in [0.05, 0.1) is 5.75 Å². The van der Waals surface area contributed by atoms with Gasteiger partial charge in [0.25, 0.3) is 0 Å². The van der Waals surface area contributed by atoms with Crippen molar-refractivity contribution in [2.45, 2.75) is 46.2 Å². The number of hydrogen-bond donors (Lipinski definition) is 1. The summed E-state index contributed by atoms with van der Waals surface area (Å²) in [6.45, 7) is 7.21. The Morgan fingerprint density at radius 1 is 1.25 bits per heavy atom. The highest BCUT2D eigenvalue weighted by molar-refractivity contribution is 7.91. The first-order chi connectivity index (χ1) is 9.19. The van der Waals surface area contributed by atoms with Crippen molar-refractivity contribution < 1.29 is 18.0 Å². The topological polar surface area (TPSA) is 83.6 Å². The second-order valence-corrected chi connectivity index (χ2v) is 7.89. The van der Waals surface area contributed by atoms with Crippen LogP contribution in [0.1, 0.15) is 34.1 Å². The second kappa shape index (κ2) is 6.56. The van der Waals surface area contributed by atoms with E-state index in [4.69, 9.17) is 0 Å². The number of sulfone groups is 1. The lowest BCUT2D eigenvalue weighted by molar-refractivity contribution is -0.149. The van der Waals surface area contributed by atoms with Gasteiger partial charge >= 0.3 is 0 Å². The average molecular weight is 304 g/mol. The van der Waals surface area contributed by atoms with Gasteiger partial charge in [0.1, 0.15) is 12.1 Å². The largest absolute Gasteiger partial charge is 0.342 e. The molecule has 20 heavy (non-hydrogen) atoms. The van der Waals surface area contributed by atoms with Crippen molar-refractivity contribution in [2.75, 3.05) is 18.1 Å². The molecule has 7 heteroatoms. The summed E-state index contributed by atoms with van der Waals surface area (Å²) in [5, 5.41) is 2.69. The van der Waals surface area contributed by atoms with Crippen molar-refractivity contribution >= 4 is 21.7 Å². The van der Waals surface area contributed by atoms with Gasteiger partial charge in [-0.15, -0.1) is 0 Å². The zero-order chi connectivity index (χ0) is 15.5. The van der Waals surface area contributed by atoms with E-state index < -0.39 is 21.9 Å². The fourth-order valence-electron chi connectivity index (χ4n) is 2.25. The minimum atomic E-state index is -3.16. The first-order valence-corrected chi connectivity index (χ1v) is 8.83. The lowest BCUT2D eigenvalue weighted by Crippen LogP contribution is -2.64. The van der Waals surface area contributed by atoms with E-state index in [1.54, 1.807) is 13.8 Å². The van der Waals surface area contributed by atoms with Crippen LogP contribution in [0.4, 0.5) is 0 Å². The van der Waals surface area contributed by atoms with Gasteiger partial charge in [-0.25, -0.2) is 8.42 Å². The summed E-state index contributed by atoms with van der Waals surface area (Å²) >= 11 is 0. The highest BCUT2D eigenvalue weighted by Crippen LogP contribution is 2.15. The molecule has 2 amide bonds. The summed E-state index contributed by atoms with van der Waals surface area (Å²) in [6, 6.07) is -1.18. The van der Waals surface area contributed by atoms with Gasteiger partial charge in [0.15, 0.2) is 9.84 Å². The lowest BCUT2D eigenvalue weighted by atomic mass is 9.98. The van der Waals surface area contributed by atoms with E-state index in [0.717, 1.165) is 0 Å². The molecular weight excluding hydrogens is 280 g/mol. The van der Waals surface area contributed by atoms with Gasteiger partial charge in [-0.3, -0.25) is 9.59 Å². The van der Waals surface area contributed by atoms with Crippen LogP contribution >= 0.6 is 0 Å². The van der Waals surface area contributed by atoms with Gasteiger partial charge < -0.3 is 10.2 Å². The Bertz CT molecular complexity index is 473. The van der Waals surface area contributed by atoms with Crippen LogP contribution in [-0.2, 0) is 19.4 Å². The Morgan fingerprint density at radius 2 is 1.85 bits per heavy atom. The fourth-order valence-corrected chi connectivity index (χ4v) is 3.55. The molecule has 1 aliphatic rings. The Morgan fingerprint density at radius 3 is 2.35 bits per heavy atom. The average Bonchev–Trinajstić information content (AvgIpc) is 2.33. The van der Waals surface area contributed by atoms with Gasteiger partial charge in [0, 0.05) is 12.3 Å². The molecule has 1 aliphatic heterocycles. The van der Waals surface area contributed by atoms with Crippen LogP contribution < -0.4 is 5.32 Å². The predicted octanol–water partition coefficient (Wildman–Crippen LogP) is 0.183. The maximum absolute atomic E-state index is 12.3. The summed E-state index contributed by atoms with van der Waals surface area (Å²) in [5.41, 5.74) is 0. The van der Waals surface area contributed by atoms with Crippen molar-refractivity contribution in [1.29, 1.82) is 0 Å². The molecule has 0 aromatic rings. The van der Waals surface area contributed by atoms with Gasteiger partial charge in [-0.05, 0) is 19.3 Å². The summed E-state index contributed by atoms with van der Waals surface area (Å²) in [4.78, 5) is 25.6. The van der Waals surface area contributed by atoms with Crippen LogP contribution in [0.3, 0.4) is 0 Å². The van der Waals surface area contributed by atoms with E-state index in [1.165, 1.54) is 4.90 Å². The van der Waals surface area contributed by atoms with E-state index in [2.05, 4.69) is 5.32 Å². The lowest BCUT2D eigenvalue weighted by Gasteiger charge is -2.38. The third-order valence-corrected chi connectivity index (χ3v) is 5.35. The normalized spacial score (nSPS) is 24.1. The Labute approximate surface area is 120 Å². The molecule has 6 nitrogen and oxygen atoms in total. The zero-order valence-corrected chi connectivity index (χ0v) is 13.4. The Balaban J connectivity index is 2.80. The number of carbonyl (C=O) groups is 2. The van der Waals surface area contributed by atoms with E-state index in [1.807, 2.05) is 13.8 Å². The summed E-state index contributed by atoms with van der Waals surface area (Å²) in [6.07, 6.45) is 0.556. The number of nitrogens with zero attached hydrogens (tertiary/aromatic N) is 1. The van der Waals surface area contributed by atoms with E-state index in [-0.39, 0.29) is 35.8 Å². The smallest absolute Gasteiger partial charge is 0.246 e. The molecule has 0 spiro atoms. The fraction of sp³-hybridized carbons (Fsp3) is 0.846. The van der Waals surface area contributed by atoms with Crippen molar-refractivity contribution in [1.82, 2.24) is 10.2 Å². The van der Waals surface area contributed by atoms with Gasteiger partial charge in [-0.1, -0.05) is 20.8 Å². The van der Waals surface area contributed by atoms with E-state index >= 15 is 0 Å². The van der Waals surface area contributed by atoms with Crippen LogP contribution in [-0.4, -0.2) is 55.3 Å². The van der Waals surface area contributed by atoms with E-state index in [0.29, 0.717) is 6.42 Å². The quantitative estimate of drug-likeness (QED) is 0.759. The molecule has 2 unspecified atom stereocenters. The highest BCUT2D eigenvalue weighted by Gasteiger charge is 2.39. The third kappa shape index (κ3) is 3.94. The number of carbonyl (C=O) groups excluding carboxylic acids is 2. The molecule has 0 saturated carbocycles. The molecule has 116 valence electrons. The molecule has 0 bridgehead atoms. The molecule has 2 atom stereocenters. The number of piperazine rings is 1. The zero-order valence-electron chi connectivity index (χ0n) is 12.5. The number of nitrogens with one attached hydrogen (secondary N) is 1. The van der Waals surface area contributed by atoms with Gasteiger partial charge in [0.2, 0.25) is 11.8 Å². The first kappa shape index (κ1) is 16.9. The molecule has 0 radical (unpaired) electrons. The summed E-state index contributed by atoms with van der Waals surface area (Å²) < 4.78 is 23.5. The molecule has 0 aromatic heterocycles. The minimum Gasteiger partial charge on any atom is -0.342 e. The monoisotopic (exact) mass is 304 g/mol. The van der Waals surface area contributed by atoms with Crippen LogP contribution in [0, 0.1) is 5.92 Å². The molecule has 1 saturated heterocycles. The third-order valence-electron chi connectivity index (χ3n) is 3.52. The summed E-state index contributed by atoms with van der Waals surface area (Å²) in [5.74, 6) is -0.415. The van der Waals surface area contributed by atoms with Crippen molar-refractivity contribution in [3.8, 4) is 0 Å². The van der Waals surface area contributed by atoms with Crippen LogP contribution in [0.25, 0.3) is 0 Å². The van der Waals surface area contributed by atoms with Crippen LogP contribution in [0.5, 0.6) is 0 Å². The predicted molar refractivity (Wildman–Crippen MR) is 76.9 cm³/mol. The van der Waals surface area contributed by atoms with Crippen molar-refractivity contribution in [3.05, 3.63) is 0 Å². The summed E-state index contributed by atoms with van der Waals surface area (Å²) in [7, 11) is -3.16. The van der Waals surface area contributed by atoms with Crippen LogP contribution in [0.2, 0.25) is 0 Å². The van der Waals surface area contributed by atoms with E-state index in [9.17, 15) is 18.0 Å². The Hall–Kier alpha value is -1.11. The molecule has 1 rings (SSSR count). The van der Waals surface area contributed by atoms with Crippen molar-refractivity contribution in [3.63, 3.8) is 0 Å². The van der Waals surface area contributed by atoms with Gasteiger partial charge in [-0.2, -0.15) is 0 Å². The maximum Gasteiger partial charge on any atom is 0.246 e. The molecule has 1 N–H and O–H groups in total. The first-order valence-electron chi connectivity index (χ1n) is 7.01. The van der Waals surface area contributed by atoms with Crippen molar-refractivity contribution in [2.24, 2.45) is 5.92 Å². The Kier molecular flexibility index (Phi) is 5.56. The highest BCUT2D eigenvalue weighted by atomic mass is 32.2. The molecular formula is C13H24N2O4S. The second-order valence-electron chi connectivity index (χ2n) is 5.59. The maximum atomic E-state index is 12.3. The van der Waals surface area contributed by atoms with Crippen LogP contribution in [0.15, 0.2) is 0 Å². The molecule has 1 heterocycles. The molecule has 1 fully saturated rings. The molecule has 0 aromatic carbocycles. The number of rotatable bonds is 6. The number of amides is 2. The minimum absolute atomic E-state index is 0.0197. The molecule has 0 aliphatic carbocycles. The standard InChI is InChI=1S/C13H24N2O4S/c1-5-7-20(18,19)8-6-15-10(4)12(16)14-11(9(2)3)13(15)17/h9-11H,5-8H2,1-4H3,(H,14,16).